The van der Waals surface area contributed by atoms with Crippen molar-refractivity contribution in [2.24, 2.45) is 5.92 Å². The molecule has 9 heteroatoms. The van der Waals surface area contributed by atoms with Crippen LogP contribution in [0.3, 0.4) is 0 Å². The van der Waals surface area contributed by atoms with Gasteiger partial charge in [-0.25, -0.2) is 13.8 Å². The van der Waals surface area contributed by atoms with E-state index in [4.69, 9.17) is 10.2 Å². The summed E-state index contributed by atoms with van der Waals surface area (Å²) in [6, 6.07) is -0.0869. The van der Waals surface area contributed by atoms with Gasteiger partial charge >= 0.3 is 0 Å². The van der Waals surface area contributed by atoms with Gasteiger partial charge < -0.3 is 20.4 Å². The summed E-state index contributed by atoms with van der Waals surface area (Å²) in [4.78, 5) is 29.7. The van der Waals surface area contributed by atoms with Crippen LogP contribution in [-0.4, -0.2) is 46.2 Å². The summed E-state index contributed by atoms with van der Waals surface area (Å²) >= 11 is 0. The monoisotopic (exact) mass is 356 g/mol. The maximum Gasteiger partial charge on any atom is 0.292 e. The van der Waals surface area contributed by atoms with Crippen molar-refractivity contribution < 1.29 is 22.8 Å². The van der Waals surface area contributed by atoms with Crippen LogP contribution in [0.4, 0.5) is 14.8 Å². The molecule has 3 N–H and O–H groups in total. The topological polar surface area (TPSA) is 101 Å². The fourth-order valence-corrected chi connectivity index (χ4v) is 3.64. The number of carbonyl (C=O) groups excluding carboxylic acids is 2. The largest absolute Gasteiger partial charge is 0.418 e. The van der Waals surface area contributed by atoms with Crippen LogP contribution in [0.25, 0.3) is 0 Å². The molecule has 0 radical (unpaired) electrons. The Kier molecular flexibility index (Phi) is 4.42. The van der Waals surface area contributed by atoms with Crippen LogP contribution in [0.1, 0.15) is 49.6 Å². The number of hydrogen-bond acceptors (Lipinski definition) is 5. The van der Waals surface area contributed by atoms with Gasteiger partial charge in [-0.3, -0.25) is 9.59 Å². The summed E-state index contributed by atoms with van der Waals surface area (Å²) in [7, 11) is 0. The van der Waals surface area contributed by atoms with Crippen molar-refractivity contribution in [2.75, 3.05) is 18.8 Å². The van der Waals surface area contributed by atoms with Crippen LogP contribution in [0, 0.1) is 5.92 Å². The molecule has 2 aliphatic rings. The Balaban J connectivity index is 1.56. The molecule has 138 valence electrons. The van der Waals surface area contributed by atoms with Crippen LogP contribution in [0.2, 0.25) is 0 Å². The summed E-state index contributed by atoms with van der Waals surface area (Å²) in [5.74, 6) is -4.37. The van der Waals surface area contributed by atoms with Crippen molar-refractivity contribution in [2.45, 2.75) is 50.5 Å². The summed E-state index contributed by atoms with van der Waals surface area (Å²) in [6.45, 7) is 2.51. The molecule has 1 aromatic heterocycles. The van der Waals surface area contributed by atoms with E-state index >= 15 is 0 Å². The van der Waals surface area contributed by atoms with Gasteiger partial charge in [0, 0.05) is 31.8 Å². The predicted octanol–water partition coefficient (Wildman–Crippen LogP) is 1.80. The number of nitrogens with one attached hydrogen (secondary N) is 1. The zero-order valence-corrected chi connectivity index (χ0v) is 14.1. The summed E-state index contributed by atoms with van der Waals surface area (Å²) in [6.07, 6.45) is 2.28. The lowest BCUT2D eigenvalue weighted by atomic mass is 9.97. The van der Waals surface area contributed by atoms with Gasteiger partial charge in [-0.15, -0.1) is 0 Å². The standard InChI is InChI=1S/C16H22F2N4O3/c1-15(21-12(23)7-10-3-2-4-16(10,17)18)5-6-22(9-15)13(24)11-8-20-14(19)25-11/h8,10H,2-7,9H2,1H3,(H2,19,20)(H,21,23). The number of amides is 2. The SMILES string of the molecule is CC1(NC(=O)CC2CCCC2(F)F)CCN(C(=O)c2cnc(N)o2)C1. The van der Waals surface area contributed by atoms with Crippen molar-refractivity contribution in [1.82, 2.24) is 15.2 Å². The van der Waals surface area contributed by atoms with E-state index in [1.807, 2.05) is 0 Å². The van der Waals surface area contributed by atoms with Crippen molar-refractivity contribution in [1.29, 1.82) is 0 Å². The van der Waals surface area contributed by atoms with Crippen LogP contribution in [0.15, 0.2) is 10.6 Å². The summed E-state index contributed by atoms with van der Waals surface area (Å²) < 4.78 is 32.4. The van der Waals surface area contributed by atoms with E-state index in [0.717, 1.165) is 0 Å². The highest BCUT2D eigenvalue weighted by Gasteiger charge is 2.45. The average Bonchev–Trinajstić information content (AvgIpc) is 3.19. The molecular weight excluding hydrogens is 334 g/mol. The van der Waals surface area contributed by atoms with Crippen molar-refractivity contribution in [3.05, 3.63) is 12.0 Å². The second-order valence-electron chi connectivity index (χ2n) is 7.20. The van der Waals surface area contributed by atoms with Crippen LogP contribution in [0.5, 0.6) is 0 Å². The van der Waals surface area contributed by atoms with Gasteiger partial charge in [0.05, 0.1) is 11.7 Å². The third-order valence-corrected chi connectivity index (χ3v) is 5.03. The van der Waals surface area contributed by atoms with Gasteiger partial charge in [0.2, 0.25) is 11.7 Å². The minimum Gasteiger partial charge on any atom is -0.418 e. The lowest BCUT2D eigenvalue weighted by Gasteiger charge is -2.27. The molecule has 2 heterocycles. The van der Waals surface area contributed by atoms with Gasteiger partial charge in [-0.2, -0.15) is 0 Å². The maximum atomic E-state index is 13.7. The number of nitrogen functional groups attached to an aromatic ring is 1. The highest BCUT2D eigenvalue weighted by Crippen LogP contribution is 2.42. The maximum absolute atomic E-state index is 13.7. The first kappa shape index (κ1) is 17.6. The van der Waals surface area contributed by atoms with Crippen LogP contribution >= 0.6 is 0 Å². The highest BCUT2D eigenvalue weighted by molar-refractivity contribution is 5.91. The summed E-state index contributed by atoms with van der Waals surface area (Å²) in [5, 5.41) is 2.82. The van der Waals surface area contributed by atoms with E-state index < -0.39 is 23.3 Å². The summed E-state index contributed by atoms with van der Waals surface area (Å²) in [5.41, 5.74) is 4.72. The molecule has 1 aliphatic carbocycles. The number of nitrogens with two attached hydrogens (primary N) is 1. The molecule has 1 aromatic rings. The van der Waals surface area contributed by atoms with Crippen LogP contribution < -0.4 is 11.1 Å². The average molecular weight is 356 g/mol. The predicted molar refractivity (Wildman–Crippen MR) is 84.9 cm³/mol. The third kappa shape index (κ3) is 3.74. The zero-order chi connectivity index (χ0) is 18.2. The molecule has 25 heavy (non-hydrogen) atoms. The molecule has 2 fully saturated rings. The van der Waals surface area contributed by atoms with Gasteiger partial charge in [0.1, 0.15) is 0 Å². The number of oxazole rings is 1. The van der Waals surface area contributed by atoms with Gasteiger partial charge in [-0.1, -0.05) is 0 Å². The van der Waals surface area contributed by atoms with Gasteiger partial charge in [0.25, 0.3) is 17.8 Å². The van der Waals surface area contributed by atoms with E-state index in [2.05, 4.69) is 10.3 Å². The Morgan fingerprint density at radius 1 is 1.48 bits per heavy atom. The smallest absolute Gasteiger partial charge is 0.292 e. The third-order valence-electron chi connectivity index (χ3n) is 5.03. The van der Waals surface area contributed by atoms with E-state index in [9.17, 15) is 18.4 Å². The number of rotatable bonds is 4. The van der Waals surface area contributed by atoms with E-state index in [-0.39, 0.29) is 37.1 Å². The second kappa shape index (κ2) is 6.27. The molecule has 2 amide bonds. The minimum atomic E-state index is -2.76. The van der Waals surface area contributed by atoms with Crippen LogP contribution in [-0.2, 0) is 4.79 Å². The molecule has 1 aliphatic heterocycles. The number of anilines is 1. The quantitative estimate of drug-likeness (QED) is 0.857. The van der Waals surface area contributed by atoms with E-state index in [1.54, 1.807) is 6.92 Å². The fourth-order valence-electron chi connectivity index (χ4n) is 3.64. The Morgan fingerprint density at radius 2 is 2.24 bits per heavy atom. The molecule has 2 unspecified atom stereocenters. The number of carbonyl (C=O) groups is 2. The number of nitrogens with zero attached hydrogens (tertiary/aromatic N) is 2. The first-order chi connectivity index (χ1) is 11.7. The Bertz CT molecular complexity index is 678. The lowest BCUT2D eigenvalue weighted by molar-refractivity contribution is -0.127. The lowest BCUT2D eigenvalue weighted by Crippen LogP contribution is -2.49. The Hall–Kier alpha value is -2.19. The molecule has 2 atom stereocenters. The molecule has 3 rings (SSSR count). The van der Waals surface area contributed by atoms with Gasteiger partial charge in [-0.05, 0) is 26.2 Å². The minimum absolute atomic E-state index is 0.0404. The first-order valence-electron chi connectivity index (χ1n) is 8.38. The highest BCUT2D eigenvalue weighted by atomic mass is 19.3. The first-order valence-corrected chi connectivity index (χ1v) is 8.38. The molecule has 1 saturated heterocycles. The Morgan fingerprint density at radius 3 is 2.84 bits per heavy atom. The second-order valence-corrected chi connectivity index (χ2v) is 7.20. The number of hydrogen-bond donors (Lipinski definition) is 2. The molecule has 0 spiro atoms. The fraction of sp³-hybridized carbons (Fsp3) is 0.688. The normalized spacial score (nSPS) is 28.3. The molecule has 7 nitrogen and oxygen atoms in total. The van der Waals surface area contributed by atoms with E-state index in [1.165, 1.54) is 11.1 Å². The van der Waals surface area contributed by atoms with Gasteiger partial charge in [0.15, 0.2) is 0 Å². The van der Waals surface area contributed by atoms with Crippen molar-refractivity contribution in [3.8, 4) is 0 Å². The molecule has 0 bridgehead atoms. The van der Waals surface area contributed by atoms with E-state index in [0.29, 0.717) is 25.8 Å². The number of halogens is 2. The van der Waals surface area contributed by atoms with Crippen molar-refractivity contribution in [3.63, 3.8) is 0 Å². The number of likely N-dealkylation sites (tertiary alicyclic amines) is 1. The number of alkyl halides is 2. The zero-order valence-electron chi connectivity index (χ0n) is 14.1. The van der Waals surface area contributed by atoms with Crippen molar-refractivity contribution >= 4 is 17.8 Å². The molecular formula is C16H22F2N4O3. The molecule has 1 saturated carbocycles. The number of aromatic nitrogens is 1. The molecule has 0 aromatic carbocycles. The Labute approximate surface area is 143 Å².